The summed E-state index contributed by atoms with van der Waals surface area (Å²) in [4.78, 5) is 37.4. The fourth-order valence-corrected chi connectivity index (χ4v) is 3.87. The lowest BCUT2D eigenvalue weighted by Crippen LogP contribution is -2.43. The van der Waals surface area contributed by atoms with E-state index in [9.17, 15) is 19.7 Å². The molecular weight excluding hydrogens is 378 g/mol. The topological polar surface area (TPSA) is 111 Å². The maximum atomic E-state index is 12.7. The van der Waals surface area contributed by atoms with Gasteiger partial charge in [-0.1, -0.05) is 19.8 Å². The maximum absolute atomic E-state index is 12.7. The molecule has 0 spiro atoms. The SMILES string of the molecule is CC1CCCCC1NC(=O)COC(=O)c1cc([N+](=O)[O-])ccc1N1CCOCC1. The molecule has 2 atom stereocenters. The number of hydrogen-bond donors (Lipinski definition) is 1. The van der Waals surface area contributed by atoms with Gasteiger partial charge in [-0.25, -0.2) is 4.79 Å². The van der Waals surface area contributed by atoms with Crippen molar-refractivity contribution >= 4 is 23.3 Å². The van der Waals surface area contributed by atoms with Gasteiger partial charge < -0.3 is 19.7 Å². The lowest BCUT2D eigenvalue weighted by molar-refractivity contribution is -0.384. The van der Waals surface area contributed by atoms with Crippen molar-refractivity contribution in [3.8, 4) is 0 Å². The molecule has 2 unspecified atom stereocenters. The fraction of sp³-hybridized carbons (Fsp3) is 0.600. The van der Waals surface area contributed by atoms with Gasteiger partial charge in [0.25, 0.3) is 11.6 Å². The number of amides is 1. The highest BCUT2D eigenvalue weighted by Gasteiger charge is 2.25. The summed E-state index contributed by atoms with van der Waals surface area (Å²) < 4.78 is 10.5. The summed E-state index contributed by atoms with van der Waals surface area (Å²) in [7, 11) is 0. The van der Waals surface area contributed by atoms with Gasteiger partial charge in [-0.05, 0) is 24.8 Å². The molecule has 1 aliphatic carbocycles. The second kappa shape index (κ2) is 9.69. The van der Waals surface area contributed by atoms with Gasteiger partial charge in [0.2, 0.25) is 0 Å². The van der Waals surface area contributed by atoms with Crippen molar-refractivity contribution in [3.05, 3.63) is 33.9 Å². The molecule has 9 heteroatoms. The standard InChI is InChI=1S/C20H27N3O6/c1-14-4-2-3-5-17(14)21-19(24)13-29-20(25)16-12-15(23(26)27)6-7-18(16)22-8-10-28-11-9-22/h6-7,12,14,17H,2-5,8-11,13H2,1H3,(H,21,24). The highest BCUT2D eigenvalue weighted by Crippen LogP contribution is 2.27. The minimum atomic E-state index is -0.748. The number of ether oxygens (including phenoxy) is 2. The van der Waals surface area contributed by atoms with Crippen molar-refractivity contribution in [2.45, 2.75) is 38.6 Å². The summed E-state index contributed by atoms with van der Waals surface area (Å²) in [6.07, 6.45) is 4.24. The molecule has 3 rings (SSSR count). The van der Waals surface area contributed by atoms with E-state index < -0.39 is 17.5 Å². The number of hydrogen-bond acceptors (Lipinski definition) is 7. The van der Waals surface area contributed by atoms with E-state index in [1.54, 1.807) is 6.07 Å². The van der Waals surface area contributed by atoms with E-state index in [1.807, 2.05) is 4.90 Å². The summed E-state index contributed by atoms with van der Waals surface area (Å²) in [6, 6.07) is 4.20. The number of carbonyl (C=O) groups excluding carboxylic acids is 2. The fourth-order valence-electron chi connectivity index (χ4n) is 3.87. The Kier molecular flexibility index (Phi) is 7.03. The van der Waals surface area contributed by atoms with Gasteiger partial charge in [-0.2, -0.15) is 0 Å². The zero-order valence-electron chi connectivity index (χ0n) is 16.6. The number of nitrogens with zero attached hydrogens (tertiary/aromatic N) is 2. The van der Waals surface area contributed by atoms with E-state index in [-0.39, 0.29) is 23.2 Å². The van der Waals surface area contributed by atoms with Crippen molar-refractivity contribution in [2.75, 3.05) is 37.8 Å². The quantitative estimate of drug-likeness (QED) is 0.439. The monoisotopic (exact) mass is 405 g/mol. The maximum Gasteiger partial charge on any atom is 0.341 e. The summed E-state index contributed by atoms with van der Waals surface area (Å²) in [6.45, 7) is 3.85. The van der Waals surface area contributed by atoms with Crippen molar-refractivity contribution < 1.29 is 24.0 Å². The van der Waals surface area contributed by atoms with Crippen LogP contribution in [-0.2, 0) is 14.3 Å². The molecule has 29 heavy (non-hydrogen) atoms. The largest absolute Gasteiger partial charge is 0.452 e. The molecule has 0 radical (unpaired) electrons. The molecule has 1 N–H and O–H groups in total. The number of non-ortho nitro benzene ring substituents is 1. The number of rotatable bonds is 6. The van der Waals surface area contributed by atoms with Crippen LogP contribution < -0.4 is 10.2 Å². The normalized spacial score (nSPS) is 22.0. The first-order chi connectivity index (χ1) is 14.0. The Morgan fingerprint density at radius 3 is 2.69 bits per heavy atom. The van der Waals surface area contributed by atoms with Crippen LogP contribution in [0, 0.1) is 16.0 Å². The van der Waals surface area contributed by atoms with E-state index >= 15 is 0 Å². The van der Waals surface area contributed by atoms with Crippen molar-refractivity contribution in [2.24, 2.45) is 5.92 Å². The average Bonchev–Trinajstić information content (AvgIpc) is 2.74. The van der Waals surface area contributed by atoms with E-state index in [2.05, 4.69) is 12.2 Å². The molecule has 1 heterocycles. The number of nitro groups is 1. The Labute approximate surface area is 169 Å². The molecule has 9 nitrogen and oxygen atoms in total. The summed E-state index contributed by atoms with van der Waals surface area (Å²) in [5.74, 6) is -0.703. The van der Waals surface area contributed by atoms with Gasteiger partial charge in [0.05, 0.1) is 29.4 Å². The van der Waals surface area contributed by atoms with Crippen LogP contribution in [0.4, 0.5) is 11.4 Å². The second-order valence-electron chi connectivity index (χ2n) is 7.57. The minimum Gasteiger partial charge on any atom is -0.452 e. The highest BCUT2D eigenvalue weighted by atomic mass is 16.6. The van der Waals surface area contributed by atoms with Gasteiger partial charge >= 0.3 is 5.97 Å². The van der Waals surface area contributed by atoms with Crippen LogP contribution in [0.2, 0.25) is 0 Å². The zero-order valence-corrected chi connectivity index (χ0v) is 16.6. The predicted octanol–water partition coefficient (Wildman–Crippen LogP) is 2.28. The Hall–Kier alpha value is -2.68. The Morgan fingerprint density at radius 2 is 2.00 bits per heavy atom. The number of nitrogens with one attached hydrogen (secondary N) is 1. The minimum absolute atomic E-state index is 0.0833. The first-order valence-electron chi connectivity index (χ1n) is 10.0. The number of esters is 1. The summed E-state index contributed by atoms with van der Waals surface area (Å²) in [5.41, 5.74) is 0.430. The van der Waals surface area contributed by atoms with Gasteiger partial charge in [-0.3, -0.25) is 14.9 Å². The molecule has 0 bridgehead atoms. The van der Waals surface area contributed by atoms with Crippen LogP contribution in [-0.4, -0.2) is 55.8 Å². The van der Waals surface area contributed by atoms with Gasteiger partial charge in [-0.15, -0.1) is 0 Å². The van der Waals surface area contributed by atoms with Gasteiger partial charge in [0.1, 0.15) is 0 Å². The van der Waals surface area contributed by atoms with Crippen LogP contribution in [0.3, 0.4) is 0 Å². The van der Waals surface area contributed by atoms with Crippen LogP contribution in [0.5, 0.6) is 0 Å². The van der Waals surface area contributed by atoms with E-state index in [4.69, 9.17) is 9.47 Å². The van der Waals surface area contributed by atoms with Crippen LogP contribution in [0.1, 0.15) is 43.0 Å². The number of anilines is 1. The van der Waals surface area contributed by atoms with Crippen molar-refractivity contribution in [1.29, 1.82) is 0 Å². The van der Waals surface area contributed by atoms with Crippen LogP contribution >= 0.6 is 0 Å². The molecule has 1 aromatic rings. The van der Waals surface area contributed by atoms with Gasteiger partial charge in [0.15, 0.2) is 6.61 Å². The molecule has 158 valence electrons. The lowest BCUT2D eigenvalue weighted by Gasteiger charge is -2.30. The first-order valence-corrected chi connectivity index (χ1v) is 10.0. The molecule has 1 amide bonds. The van der Waals surface area contributed by atoms with Gasteiger partial charge in [0, 0.05) is 31.3 Å². The predicted molar refractivity (Wildman–Crippen MR) is 106 cm³/mol. The molecule has 1 saturated heterocycles. The summed E-state index contributed by atoms with van der Waals surface area (Å²) in [5, 5.41) is 14.1. The third-order valence-electron chi connectivity index (χ3n) is 5.55. The Balaban J connectivity index is 1.67. The third-order valence-corrected chi connectivity index (χ3v) is 5.55. The molecular formula is C20H27N3O6. The molecule has 1 aliphatic heterocycles. The Morgan fingerprint density at radius 1 is 1.28 bits per heavy atom. The summed E-state index contributed by atoms with van der Waals surface area (Å²) >= 11 is 0. The highest BCUT2D eigenvalue weighted by molar-refractivity contribution is 5.97. The van der Waals surface area contributed by atoms with Crippen LogP contribution in [0.15, 0.2) is 18.2 Å². The number of nitro benzene ring substituents is 1. The van der Waals surface area contributed by atoms with Crippen molar-refractivity contribution in [1.82, 2.24) is 5.32 Å². The molecule has 2 aliphatic rings. The zero-order chi connectivity index (χ0) is 20.8. The third kappa shape index (κ3) is 5.44. The molecule has 2 fully saturated rings. The molecule has 1 aromatic carbocycles. The lowest BCUT2D eigenvalue weighted by atomic mass is 9.86. The number of benzene rings is 1. The number of morpholine rings is 1. The van der Waals surface area contributed by atoms with E-state index in [0.29, 0.717) is 37.9 Å². The first kappa shape index (κ1) is 21.0. The smallest absolute Gasteiger partial charge is 0.341 e. The van der Waals surface area contributed by atoms with E-state index in [1.165, 1.54) is 18.6 Å². The number of carbonyl (C=O) groups is 2. The molecule has 0 aromatic heterocycles. The van der Waals surface area contributed by atoms with Crippen molar-refractivity contribution in [3.63, 3.8) is 0 Å². The molecule has 1 saturated carbocycles. The van der Waals surface area contributed by atoms with E-state index in [0.717, 1.165) is 19.3 Å². The average molecular weight is 405 g/mol. The van der Waals surface area contributed by atoms with Crippen LogP contribution in [0.25, 0.3) is 0 Å². The Bertz CT molecular complexity index is 763. The second-order valence-corrected chi connectivity index (χ2v) is 7.57.